The van der Waals surface area contributed by atoms with Gasteiger partial charge in [0, 0.05) is 12.1 Å². The van der Waals surface area contributed by atoms with Gasteiger partial charge in [-0.05, 0) is 42.7 Å². The molecule has 6 heteroatoms. The third kappa shape index (κ3) is 6.12. The molecule has 0 aromatic heterocycles. The maximum atomic E-state index is 11.9. The zero-order valence-corrected chi connectivity index (χ0v) is 15.1. The summed E-state index contributed by atoms with van der Waals surface area (Å²) in [7, 11) is 3.19. The molecule has 138 valence electrons. The van der Waals surface area contributed by atoms with Gasteiger partial charge in [0.2, 0.25) is 11.8 Å². The van der Waals surface area contributed by atoms with E-state index in [1.807, 2.05) is 36.4 Å². The van der Waals surface area contributed by atoms with Crippen LogP contribution in [0.5, 0.6) is 11.5 Å². The topological polar surface area (TPSA) is 76.7 Å². The molecule has 2 amide bonds. The fourth-order valence-corrected chi connectivity index (χ4v) is 2.48. The molecule has 0 saturated carbocycles. The van der Waals surface area contributed by atoms with E-state index in [1.54, 1.807) is 26.4 Å². The number of carbonyl (C=O) groups excluding carboxylic acids is 2. The lowest BCUT2D eigenvalue weighted by atomic mass is 10.1. The molecular formula is C20H24N2O4. The number of methoxy groups -OCH3 is 2. The fraction of sp³-hybridized carbons (Fsp3) is 0.300. The van der Waals surface area contributed by atoms with Crippen molar-refractivity contribution in [3.05, 3.63) is 54.1 Å². The van der Waals surface area contributed by atoms with Crippen molar-refractivity contribution in [2.45, 2.75) is 19.3 Å². The van der Waals surface area contributed by atoms with Crippen LogP contribution in [0.3, 0.4) is 0 Å². The van der Waals surface area contributed by atoms with Crippen molar-refractivity contribution < 1.29 is 19.1 Å². The Morgan fingerprint density at radius 3 is 2.35 bits per heavy atom. The minimum absolute atomic E-state index is 0.0376. The minimum Gasteiger partial charge on any atom is -0.493 e. The second-order valence-electron chi connectivity index (χ2n) is 5.73. The summed E-state index contributed by atoms with van der Waals surface area (Å²) < 4.78 is 10.5. The van der Waals surface area contributed by atoms with E-state index < -0.39 is 0 Å². The molecule has 2 N–H and O–H groups in total. The Kier molecular flexibility index (Phi) is 7.49. The lowest BCUT2D eigenvalue weighted by Crippen LogP contribution is -2.32. The van der Waals surface area contributed by atoms with E-state index in [9.17, 15) is 9.59 Å². The standard InChI is InChI=1S/C20H24N2O4/c1-25-17-12-11-15(13-18(17)26-2)7-6-10-19(23)21-14-20(24)22-16-8-4-3-5-9-16/h3-5,8-9,11-13H,6-7,10,14H2,1-2H3,(H,21,23)(H,22,24). The van der Waals surface area contributed by atoms with Crippen molar-refractivity contribution in [2.75, 3.05) is 26.1 Å². The van der Waals surface area contributed by atoms with E-state index >= 15 is 0 Å². The maximum Gasteiger partial charge on any atom is 0.243 e. The van der Waals surface area contributed by atoms with Crippen LogP contribution in [0, 0.1) is 0 Å². The first-order chi connectivity index (χ1) is 12.6. The van der Waals surface area contributed by atoms with Crippen molar-refractivity contribution in [3.8, 4) is 11.5 Å². The van der Waals surface area contributed by atoms with Crippen molar-refractivity contribution >= 4 is 17.5 Å². The zero-order chi connectivity index (χ0) is 18.8. The van der Waals surface area contributed by atoms with Gasteiger partial charge in [0.15, 0.2) is 11.5 Å². The molecule has 0 saturated heterocycles. The SMILES string of the molecule is COc1ccc(CCCC(=O)NCC(=O)Nc2ccccc2)cc1OC. The van der Waals surface area contributed by atoms with Gasteiger partial charge in [0.1, 0.15) is 0 Å². The lowest BCUT2D eigenvalue weighted by Gasteiger charge is -2.10. The first kappa shape index (κ1) is 19.3. The van der Waals surface area contributed by atoms with Crippen LogP contribution in [0.2, 0.25) is 0 Å². The number of benzene rings is 2. The van der Waals surface area contributed by atoms with Gasteiger partial charge in [-0.15, -0.1) is 0 Å². The third-order valence-corrected chi connectivity index (χ3v) is 3.82. The quantitative estimate of drug-likeness (QED) is 0.724. The van der Waals surface area contributed by atoms with Crippen LogP contribution >= 0.6 is 0 Å². The molecule has 2 aromatic carbocycles. The zero-order valence-electron chi connectivity index (χ0n) is 15.1. The summed E-state index contributed by atoms with van der Waals surface area (Å²) >= 11 is 0. The molecule has 0 aliphatic heterocycles. The summed E-state index contributed by atoms with van der Waals surface area (Å²) in [6.45, 7) is -0.0376. The van der Waals surface area contributed by atoms with E-state index in [1.165, 1.54) is 0 Å². The molecule has 0 fully saturated rings. The number of nitrogens with one attached hydrogen (secondary N) is 2. The minimum atomic E-state index is -0.246. The smallest absolute Gasteiger partial charge is 0.243 e. The molecule has 0 unspecified atom stereocenters. The van der Waals surface area contributed by atoms with E-state index in [-0.39, 0.29) is 18.4 Å². The number of para-hydroxylation sites is 1. The second kappa shape index (κ2) is 10.1. The van der Waals surface area contributed by atoms with Gasteiger partial charge in [-0.25, -0.2) is 0 Å². The van der Waals surface area contributed by atoms with Crippen LogP contribution in [0.15, 0.2) is 48.5 Å². The van der Waals surface area contributed by atoms with Gasteiger partial charge in [-0.2, -0.15) is 0 Å². The van der Waals surface area contributed by atoms with Crippen LogP contribution in [0.4, 0.5) is 5.69 Å². The largest absolute Gasteiger partial charge is 0.493 e. The first-order valence-corrected chi connectivity index (χ1v) is 8.45. The van der Waals surface area contributed by atoms with Gasteiger partial charge in [0.25, 0.3) is 0 Å². The lowest BCUT2D eigenvalue weighted by molar-refractivity contribution is -0.124. The Labute approximate surface area is 153 Å². The van der Waals surface area contributed by atoms with Crippen molar-refractivity contribution in [1.29, 1.82) is 0 Å². The Morgan fingerprint density at radius 2 is 1.65 bits per heavy atom. The Hall–Kier alpha value is -3.02. The highest BCUT2D eigenvalue weighted by molar-refractivity contribution is 5.94. The molecule has 0 spiro atoms. The van der Waals surface area contributed by atoms with E-state index in [0.717, 1.165) is 12.0 Å². The molecule has 0 aliphatic rings. The summed E-state index contributed by atoms with van der Waals surface area (Å²) in [6, 6.07) is 14.8. The molecule has 6 nitrogen and oxygen atoms in total. The Morgan fingerprint density at radius 1 is 0.923 bits per heavy atom. The number of rotatable bonds is 9. The average Bonchev–Trinajstić information content (AvgIpc) is 2.67. The predicted molar refractivity (Wildman–Crippen MR) is 101 cm³/mol. The third-order valence-electron chi connectivity index (χ3n) is 3.82. The maximum absolute atomic E-state index is 11.9. The number of anilines is 1. The highest BCUT2D eigenvalue weighted by Crippen LogP contribution is 2.28. The molecule has 0 radical (unpaired) electrons. The van der Waals surface area contributed by atoms with Crippen molar-refractivity contribution in [1.82, 2.24) is 5.32 Å². The Bertz CT molecular complexity index is 732. The van der Waals surface area contributed by atoms with Gasteiger partial charge in [-0.3, -0.25) is 9.59 Å². The predicted octanol–water partition coefficient (Wildman–Crippen LogP) is 2.78. The van der Waals surface area contributed by atoms with Gasteiger partial charge in [-0.1, -0.05) is 24.3 Å². The molecule has 2 aromatic rings. The van der Waals surface area contributed by atoms with Gasteiger partial charge < -0.3 is 20.1 Å². The van der Waals surface area contributed by atoms with Crippen LogP contribution in [0.1, 0.15) is 18.4 Å². The summed E-state index contributed by atoms with van der Waals surface area (Å²) in [5.74, 6) is 0.962. The van der Waals surface area contributed by atoms with Crippen LogP contribution in [0.25, 0.3) is 0 Å². The molecule has 0 aliphatic carbocycles. The van der Waals surface area contributed by atoms with E-state index in [4.69, 9.17) is 9.47 Å². The molecule has 0 atom stereocenters. The summed E-state index contributed by atoms with van der Waals surface area (Å²) in [5.41, 5.74) is 1.78. The van der Waals surface area contributed by atoms with Crippen LogP contribution < -0.4 is 20.1 Å². The number of carbonyl (C=O) groups is 2. The number of hydrogen-bond acceptors (Lipinski definition) is 4. The highest BCUT2D eigenvalue weighted by Gasteiger charge is 2.08. The molecule has 26 heavy (non-hydrogen) atoms. The molecule has 2 rings (SSSR count). The van der Waals surface area contributed by atoms with Gasteiger partial charge >= 0.3 is 0 Å². The second-order valence-corrected chi connectivity index (χ2v) is 5.73. The molecule has 0 heterocycles. The van der Waals surface area contributed by atoms with Gasteiger partial charge in [0.05, 0.1) is 20.8 Å². The average molecular weight is 356 g/mol. The number of aryl methyl sites for hydroxylation is 1. The Balaban J connectivity index is 1.69. The number of ether oxygens (including phenoxy) is 2. The van der Waals surface area contributed by atoms with Crippen LogP contribution in [-0.4, -0.2) is 32.6 Å². The summed E-state index contributed by atoms with van der Waals surface area (Å²) in [6.07, 6.45) is 1.78. The molecule has 0 bridgehead atoms. The fourth-order valence-electron chi connectivity index (χ4n) is 2.48. The summed E-state index contributed by atoms with van der Waals surface area (Å²) in [5, 5.41) is 5.36. The van der Waals surface area contributed by atoms with Crippen molar-refractivity contribution in [2.24, 2.45) is 0 Å². The monoisotopic (exact) mass is 356 g/mol. The number of hydrogen-bond donors (Lipinski definition) is 2. The molecular weight excluding hydrogens is 332 g/mol. The van der Waals surface area contributed by atoms with E-state index in [2.05, 4.69) is 10.6 Å². The summed E-state index contributed by atoms with van der Waals surface area (Å²) in [4.78, 5) is 23.7. The number of amides is 2. The normalized spacial score (nSPS) is 10.1. The first-order valence-electron chi connectivity index (χ1n) is 8.45. The van der Waals surface area contributed by atoms with Crippen molar-refractivity contribution in [3.63, 3.8) is 0 Å². The highest BCUT2D eigenvalue weighted by atomic mass is 16.5. The van der Waals surface area contributed by atoms with E-state index in [0.29, 0.717) is 30.0 Å². The van der Waals surface area contributed by atoms with Crippen LogP contribution in [-0.2, 0) is 16.0 Å².